The van der Waals surface area contributed by atoms with Gasteiger partial charge < -0.3 is 5.32 Å². The molecule has 36 heavy (non-hydrogen) atoms. The van der Waals surface area contributed by atoms with Gasteiger partial charge in [0.15, 0.2) is 11.6 Å². The number of para-hydroxylation sites is 1. The first-order valence-electron chi connectivity index (χ1n) is 11.5. The molecular weight excluding hydrogens is 456 g/mol. The van der Waals surface area contributed by atoms with Gasteiger partial charge in [0.2, 0.25) is 5.91 Å². The first kappa shape index (κ1) is 22.9. The Hall–Kier alpha value is -4.84. The van der Waals surface area contributed by atoms with Gasteiger partial charge in [0, 0.05) is 5.39 Å². The lowest BCUT2D eigenvalue weighted by atomic mass is 10.0. The molecule has 3 amide bonds. The number of nitrogens with one attached hydrogen (secondary N) is 1. The fraction of sp³-hybridized carbons (Fsp3) is 0.185. The number of amides is 3. The van der Waals surface area contributed by atoms with Crippen LogP contribution in [0.5, 0.6) is 0 Å². The van der Waals surface area contributed by atoms with Gasteiger partial charge in [-0.2, -0.15) is 15.0 Å². The van der Waals surface area contributed by atoms with E-state index in [1.165, 1.54) is 10.9 Å². The van der Waals surface area contributed by atoms with Crippen LogP contribution in [0.15, 0.2) is 66.9 Å². The topological polar surface area (TPSA) is 121 Å². The highest BCUT2D eigenvalue weighted by atomic mass is 16.2. The first-order chi connectivity index (χ1) is 17.4. The molecule has 0 spiro atoms. The highest BCUT2D eigenvalue weighted by Gasteiger charge is 2.43. The molecule has 178 valence electrons. The Morgan fingerprint density at radius 3 is 2.33 bits per heavy atom. The maximum Gasteiger partial charge on any atom is 0.262 e. The van der Waals surface area contributed by atoms with Crippen LogP contribution in [0.4, 0.5) is 5.82 Å². The van der Waals surface area contributed by atoms with E-state index >= 15 is 0 Å². The Kier molecular flexibility index (Phi) is 5.78. The van der Waals surface area contributed by atoms with E-state index in [-0.39, 0.29) is 34.8 Å². The molecule has 1 atom stereocenters. The summed E-state index contributed by atoms with van der Waals surface area (Å²) in [5, 5.41) is 17.6. The normalized spacial score (nSPS) is 13.7. The van der Waals surface area contributed by atoms with Crippen molar-refractivity contribution in [2.24, 2.45) is 5.92 Å². The molecule has 0 saturated carbocycles. The summed E-state index contributed by atoms with van der Waals surface area (Å²) in [6.45, 7) is 3.81. The summed E-state index contributed by atoms with van der Waals surface area (Å²) in [6.07, 6.45) is 1.59. The van der Waals surface area contributed by atoms with Crippen LogP contribution in [-0.4, -0.2) is 43.4 Å². The second-order valence-electron chi connectivity index (χ2n) is 8.95. The molecule has 2 aromatic heterocycles. The number of nitriles is 1. The predicted octanol–water partition coefficient (Wildman–Crippen LogP) is 3.94. The lowest BCUT2D eigenvalue weighted by Crippen LogP contribution is -2.48. The van der Waals surface area contributed by atoms with Crippen LogP contribution in [-0.2, 0) is 4.79 Å². The van der Waals surface area contributed by atoms with Gasteiger partial charge in [-0.3, -0.25) is 19.3 Å². The first-order valence-corrected chi connectivity index (χ1v) is 11.5. The zero-order valence-corrected chi connectivity index (χ0v) is 19.7. The van der Waals surface area contributed by atoms with E-state index < -0.39 is 23.8 Å². The second kappa shape index (κ2) is 9.07. The molecule has 2 aromatic carbocycles. The minimum Gasteiger partial charge on any atom is -0.308 e. The van der Waals surface area contributed by atoms with Crippen LogP contribution in [0.1, 0.15) is 46.5 Å². The van der Waals surface area contributed by atoms with E-state index in [0.29, 0.717) is 5.82 Å². The molecule has 1 aliphatic heterocycles. The number of imide groups is 1. The van der Waals surface area contributed by atoms with Gasteiger partial charge in [0.05, 0.1) is 22.8 Å². The van der Waals surface area contributed by atoms with E-state index in [1.807, 2.05) is 50.2 Å². The van der Waals surface area contributed by atoms with E-state index in [9.17, 15) is 19.6 Å². The Morgan fingerprint density at radius 1 is 1.00 bits per heavy atom. The van der Waals surface area contributed by atoms with Crippen molar-refractivity contribution in [2.75, 3.05) is 5.32 Å². The molecule has 0 saturated heterocycles. The van der Waals surface area contributed by atoms with E-state index in [4.69, 9.17) is 0 Å². The zero-order valence-electron chi connectivity index (χ0n) is 19.7. The largest absolute Gasteiger partial charge is 0.308 e. The molecule has 0 aliphatic carbocycles. The number of benzene rings is 2. The number of fused-ring (bicyclic) bond motifs is 2. The smallest absolute Gasteiger partial charge is 0.262 e. The van der Waals surface area contributed by atoms with Gasteiger partial charge in [0.1, 0.15) is 17.7 Å². The van der Waals surface area contributed by atoms with Crippen LogP contribution in [0.3, 0.4) is 0 Å². The Balaban J connectivity index is 1.51. The maximum absolute atomic E-state index is 13.6. The Bertz CT molecular complexity index is 1530. The molecule has 9 nitrogen and oxygen atoms in total. The number of aromatic nitrogens is 3. The summed E-state index contributed by atoms with van der Waals surface area (Å²) in [4.78, 5) is 45.5. The minimum atomic E-state index is -1.07. The van der Waals surface area contributed by atoms with Gasteiger partial charge in [-0.15, -0.1) is 0 Å². The highest BCUT2D eigenvalue weighted by Crippen LogP contribution is 2.28. The van der Waals surface area contributed by atoms with Gasteiger partial charge in [0.25, 0.3) is 11.8 Å². The van der Waals surface area contributed by atoms with Crippen LogP contribution in [0, 0.1) is 17.2 Å². The minimum absolute atomic E-state index is 0.00700. The average Bonchev–Trinajstić information content (AvgIpc) is 3.40. The lowest BCUT2D eigenvalue weighted by molar-refractivity contribution is -0.120. The molecule has 0 bridgehead atoms. The second-order valence-corrected chi connectivity index (χ2v) is 8.95. The van der Waals surface area contributed by atoms with Crippen molar-refractivity contribution in [1.29, 1.82) is 5.26 Å². The number of pyridine rings is 1. The van der Waals surface area contributed by atoms with Crippen molar-refractivity contribution in [1.82, 2.24) is 19.7 Å². The highest BCUT2D eigenvalue weighted by molar-refractivity contribution is 6.23. The third kappa shape index (κ3) is 3.88. The number of carbonyl (C=O) groups excluding carboxylic acids is 3. The fourth-order valence-electron chi connectivity index (χ4n) is 4.36. The molecular formula is C27H22N6O3. The number of carbonyl (C=O) groups is 3. The summed E-state index contributed by atoms with van der Waals surface area (Å²) in [5.74, 6) is -1.07. The molecule has 9 heteroatoms. The quantitative estimate of drug-likeness (QED) is 0.419. The molecule has 4 aromatic rings. The third-order valence-corrected chi connectivity index (χ3v) is 6.07. The monoisotopic (exact) mass is 478 g/mol. The molecule has 1 unspecified atom stereocenters. The Morgan fingerprint density at radius 2 is 1.67 bits per heavy atom. The van der Waals surface area contributed by atoms with Crippen molar-refractivity contribution in [2.45, 2.75) is 26.3 Å². The maximum atomic E-state index is 13.6. The summed E-state index contributed by atoms with van der Waals surface area (Å²) in [5.41, 5.74) is 1.40. The summed E-state index contributed by atoms with van der Waals surface area (Å²) < 4.78 is 1.37. The number of rotatable bonds is 6. The zero-order chi connectivity index (χ0) is 25.4. The van der Waals surface area contributed by atoms with E-state index in [1.54, 1.807) is 30.3 Å². The van der Waals surface area contributed by atoms with Gasteiger partial charge in [-0.1, -0.05) is 44.2 Å². The SMILES string of the molecule is CC(C)CC(C(=O)Nc1c(C#N)cnn1-c1ccc2ccccc2n1)N1C(=O)c2ccccc2C1=O. The number of hydrogen-bond acceptors (Lipinski definition) is 6. The van der Waals surface area contributed by atoms with E-state index in [2.05, 4.69) is 15.4 Å². The summed E-state index contributed by atoms with van der Waals surface area (Å²) >= 11 is 0. The number of hydrogen-bond donors (Lipinski definition) is 1. The van der Waals surface area contributed by atoms with Crippen LogP contribution >= 0.6 is 0 Å². The third-order valence-electron chi connectivity index (χ3n) is 6.07. The fourth-order valence-corrected chi connectivity index (χ4v) is 4.36. The van der Waals surface area contributed by atoms with Crippen molar-refractivity contribution in [3.05, 3.63) is 83.6 Å². The van der Waals surface area contributed by atoms with Gasteiger partial charge in [-0.25, -0.2) is 4.98 Å². The Labute approximate surface area is 207 Å². The van der Waals surface area contributed by atoms with Crippen LogP contribution < -0.4 is 5.32 Å². The van der Waals surface area contributed by atoms with Crippen LogP contribution in [0.25, 0.3) is 16.7 Å². The summed E-state index contributed by atoms with van der Waals surface area (Å²) in [6, 6.07) is 18.6. The van der Waals surface area contributed by atoms with Gasteiger partial charge in [-0.05, 0) is 42.7 Å². The van der Waals surface area contributed by atoms with Crippen molar-refractivity contribution < 1.29 is 14.4 Å². The van der Waals surface area contributed by atoms with Crippen molar-refractivity contribution in [3.63, 3.8) is 0 Å². The lowest BCUT2D eigenvalue weighted by Gasteiger charge is -2.26. The standard InChI is InChI=1S/C27H22N6O3/c1-16(2)13-22(32-26(35)19-8-4-5-9-20(19)27(32)36)25(34)31-24-18(14-28)15-29-33(24)23-12-11-17-7-3-6-10-21(17)30-23/h3-12,15-16,22H,13H2,1-2H3,(H,31,34). The molecule has 0 radical (unpaired) electrons. The predicted molar refractivity (Wildman–Crippen MR) is 132 cm³/mol. The average molecular weight is 479 g/mol. The van der Waals surface area contributed by atoms with Gasteiger partial charge >= 0.3 is 0 Å². The molecule has 0 fully saturated rings. The molecule has 1 aliphatic rings. The number of anilines is 1. The van der Waals surface area contributed by atoms with E-state index in [0.717, 1.165) is 15.8 Å². The number of nitrogens with zero attached hydrogens (tertiary/aromatic N) is 5. The van der Waals surface area contributed by atoms with Crippen molar-refractivity contribution in [3.8, 4) is 11.9 Å². The summed E-state index contributed by atoms with van der Waals surface area (Å²) in [7, 11) is 0. The molecule has 5 rings (SSSR count). The molecule has 3 heterocycles. The molecule has 1 N–H and O–H groups in total. The van der Waals surface area contributed by atoms with Crippen molar-refractivity contribution >= 4 is 34.4 Å². The van der Waals surface area contributed by atoms with Crippen LogP contribution in [0.2, 0.25) is 0 Å².